The highest BCUT2D eigenvalue weighted by Crippen LogP contribution is 2.41. The number of carboxylic acids is 1. The fourth-order valence-corrected chi connectivity index (χ4v) is 5.23. The van der Waals surface area contributed by atoms with Crippen molar-refractivity contribution in [1.29, 1.82) is 0 Å². The first-order valence-electron chi connectivity index (χ1n) is 12.4. The maximum Gasteiger partial charge on any atom is 0.303 e. The van der Waals surface area contributed by atoms with E-state index in [1.165, 1.54) is 25.7 Å². The van der Waals surface area contributed by atoms with Gasteiger partial charge in [-0.1, -0.05) is 41.5 Å². The molecule has 2 amide bonds. The lowest BCUT2D eigenvalue weighted by atomic mass is 9.69. The van der Waals surface area contributed by atoms with Crippen LogP contribution in [0.5, 0.6) is 0 Å². The molecule has 2 rings (SSSR count). The average Bonchev–Trinajstić information content (AvgIpc) is 2.66. The van der Waals surface area contributed by atoms with Gasteiger partial charge in [-0.15, -0.1) is 0 Å². The normalized spacial score (nSPS) is 26.4. The first-order chi connectivity index (χ1) is 14.7. The molecular formula is C26H48N2O4. The topological polar surface area (TPSA) is 109 Å². The third-order valence-electron chi connectivity index (χ3n) is 7.54. The lowest BCUT2D eigenvalue weighted by Gasteiger charge is -2.36. The van der Waals surface area contributed by atoms with Crippen molar-refractivity contribution >= 4 is 17.8 Å². The van der Waals surface area contributed by atoms with Crippen LogP contribution < -0.4 is 11.1 Å². The second-order valence-electron chi connectivity index (χ2n) is 12.2. The Hall–Kier alpha value is -1.59. The number of carbonyl (C=O) groups is 3. The molecule has 0 bridgehead atoms. The molecule has 6 nitrogen and oxygen atoms in total. The van der Waals surface area contributed by atoms with Crippen LogP contribution in [0.1, 0.15) is 106 Å². The van der Waals surface area contributed by atoms with Crippen molar-refractivity contribution in [3.8, 4) is 0 Å². The minimum Gasteiger partial charge on any atom is -0.481 e. The van der Waals surface area contributed by atoms with E-state index in [1.807, 2.05) is 0 Å². The molecule has 2 fully saturated rings. The minimum absolute atomic E-state index is 0.0455. The zero-order valence-corrected chi connectivity index (χ0v) is 21.3. The third-order valence-corrected chi connectivity index (χ3v) is 7.54. The minimum atomic E-state index is -0.635. The number of carboxylic acid groups (broad SMARTS) is 1. The number of carbonyl (C=O) groups excluding carboxylic acids is 2. The Morgan fingerprint density at radius 3 is 1.44 bits per heavy atom. The second-order valence-corrected chi connectivity index (χ2v) is 12.2. The van der Waals surface area contributed by atoms with Gasteiger partial charge < -0.3 is 16.2 Å². The fourth-order valence-electron chi connectivity index (χ4n) is 5.23. The van der Waals surface area contributed by atoms with Crippen LogP contribution in [0.15, 0.2) is 0 Å². The van der Waals surface area contributed by atoms with Gasteiger partial charge in [-0.05, 0) is 85.9 Å². The summed E-state index contributed by atoms with van der Waals surface area (Å²) in [6, 6.07) is 0. The molecule has 32 heavy (non-hydrogen) atoms. The van der Waals surface area contributed by atoms with Crippen LogP contribution in [-0.4, -0.2) is 29.4 Å². The molecule has 4 N–H and O–H groups in total. The molecule has 0 radical (unpaired) electrons. The Labute approximate surface area is 195 Å². The van der Waals surface area contributed by atoms with Gasteiger partial charge in [0.1, 0.15) is 0 Å². The van der Waals surface area contributed by atoms with Gasteiger partial charge in [0, 0.05) is 12.8 Å². The highest BCUT2D eigenvalue weighted by atomic mass is 16.4. The number of nitrogens with two attached hydrogens (primary N) is 1. The molecule has 2 aliphatic rings. The highest BCUT2D eigenvalue weighted by Gasteiger charge is 2.31. The van der Waals surface area contributed by atoms with Crippen molar-refractivity contribution in [2.24, 2.45) is 40.2 Å². The van der Waals surface area contributed by atoms with Crippen LogP contribution in [0.2, 0.25) is 0 Å². The van der Waals surface area contributed by atoms with E-state index in [-0.39, 0.29) is 12.5 Å². The molecule has 2 saturated carbocycles. The molecule has 186 valence electrons. The first kappa shape index (κ1) is 28.4. The van der Waals surface area contributed by atoms with Crippen molar-refractivity contribution in [2.45, 2.75) is 106 Å². The standard InChI is InChI=1S/C14H26N2O2.C12H22O2/c1-14(2,3)11-6-4-10(5-7-11)8-13(18)16-9-12(15)17;1-12(2,3)10-6-4-9(5-7-10)8-11(13)14/h10-11H,4-9H2,1-3H3,(H2,15,17)(H,16,18);9-10H,4-8H2,1-3H3,(H,13,14). The third kappa shape index (κ3) is 11.3. The Balaban J connectivity index is 0.000000330. The Bertz CT molecular complexity index is 602. The summed E-state index contributed by atoms with van der Waals surface area (Å²) in [6.45, 7) is 13.7. The molecule has 2 aliphatic carbocycles. The Kier molecular flexibility index (Phi) is 11.2. The molecule has 0 saturated heterocycles. The zero-order valence-electron chi connectivity index (χ0n) is 21.3. The van der Waals surface area contributed by atoms with Crippen LogP contribution >= 0.6 is 0 Å². The predicted octanol–water partition coefficient (Wildman–Crippen LogP) is 5.14. The number of rotatable bonds is 6. The van der Waals surface area contributed by atoms with E-state index >= 15 is 0 Å². The molecule has 0 atom stereocenters. The molecule has 0 aliphatic heterocycles. The van der Waals surface area contributed by atoms with Crippen molar-refractivity contribution in [3.63, 3.8) is 0 Å². The molecule has 0 heterocycles. The summed E-state index contributed by atoms with van der Waals surface area (Å²) in [7, 11) is 0. The van der Waals surface area contributed by atoms with E-state index in [9.17, 15) is 14.4 Å². The van der Waals surface area contributed by atoms with Crippen molar-refractivity contribution in [3.05, 3.63) is 0 Å². The van der Waals surface area contributed by atoms with Gasteiger partial charge in [-0.2, -0.15) is 0 Å². The van der Waals surface area contributed by atoms with Crippen molar-refractivity contribution in [2.75, 3.05) is 6.54 Å². The van der Waals surface area contributed by atoms with Gasteiger partial charge in [0.2, 0.25) is 11.8 Å². The monoisotopic (exact) mass is 452 g/mol. The van der Waals surface area contributed by atoms with Crippen molar-refractivity contribution < 1.29 is 19.5 Å². The summed E-state index contributed by atoms with van der Waals surface area (Å²) in [5, 5.41) is 11.2. The molecule has 0 spiro atoms. The highest BCUT2D eigenvalue weighted by molar-refractivity contribution is 5.83. The Morgan fingerprint density at radius 1 is 0.750 bits per heavy atom. The van der Waals surface area contributed by atoms with E-state index in [4.69, 9.17) is 10.8 Å². The average molecular weight is 453 g/mol. The quantitative estimate of drug-likeness (QED) is 0.518. The van der Waals surface area contributed by atoms with Crippen LogP contribution in [0.25, 0.3) is 0 Å². The molecule has 0 unspecified atom stereocenters. The fraction of sp³-hybridized carbons (Fsp3) is 0.885. The molecule has 0 aromatic carbocycles. The zero-order chi connectivity index (χ0) is 24.5. The van der Waals surface area contributed by atoms with Crippen LogP contribution in [-0.2, 0) is 14.4 Å². The lowest BCUT2D eigenvalue weighted by molar-refractivity contribution is -0.138. The van der Waals surface area contributed by atoms with E-state index in [1.54, 1.807) is 0 Å². The molecule has 0 aromatic heterocycles. The lowest BCUT2D eigenvalue weighted by Crippen LogP contribution is -2.35. The van der Waals surface area contributed by atoms with Gasteiger partial charge in [0.15, 0.2) is 0 Å². The number of hydrogen-bond donors (Lipinski definition) is 3. The summed E-state index contributed by atoms with van der Waals surface area (Å²) in [4.78, 5) is 32.7. The van der Waals surface area contributed by atoms with Crippen LogP contribution in [0.3, 0.4) is 0 Å². The van der Waals surface area contributed by atoms with E-state index in [0.29, 0.717) is 35.5 Å². The van der Waals surface area contributed by atoms with Gasteiger partial charge in [0.25, 0.3) is 0 Å². The largest absolute Gasteiger partial charge is 0.481 e. The number of nitrogens with one attached hydrogen (secondary N) is 1. The van der Waals surface area contributed by atoms with E-state index in [2.05, 4.69) is 46.9 Å². The van der Waals surface area contributed by atoms with Crippen LogP contribution in [0.4, 0.5) is 0 Å². The summed E-state index contributed by atoms with van der Waals surface area (Å²) >= 11 is 0. The number of primary amides is 1. The van der Waals surface area contributed by atoms with E-state index < -0.39 is 11.9 Å². The van der Waals surface area contributed by atoms with Gasteiger partial charge >= 0.3 is 5.97 Å². The molecule has 6 heteroatoms. The van der Waals surface area contributed by atoms with Gasteiger partial charge in [0.05, 0.1) is 6.54 Å². The van der Waals surface area contributed by atoms with Gasteiger partial charge in [-0.25, -0.2) is 0 Å². The molecule has 0 aromatic rings. The summed E-state index contributed by atoms with van der Waals surface area (Å²) < 4.78 is 0. The predicted molar refractivity (Wildman–Crippen MR) is 129 cm³/mol. The maximum atomic E-state index is 11.6. The number of aliphatic carboxylic acids is 1. The van der Waals surface area contributed by atoms with E-state index in [0.717, 1.165) is 37.5 Å². The second kappa shape index (κ2) is 12.6. The smallest absolute Gasteiger partial charge is 0.303 e. The van der Waals surface area contributed by atoms with Crippen molar-refractivity contribution in [1.82, 2.24) is 5.32 Å². The molecular weight excluding hydrogens is 404 g/mol. The number of amides is 2. The number of hydrogen-bond acceptors (Lipinski definition) is 3. The Morgan fingerprint density at radius 2 is 1.12 bits per heavy atom. The maximum absolute atomic E-state index is 11.6. The summed E-state index contributed by atoms with van der Waals surface area (Å²) in [5.41, 5.74) is 5.76. The van der Waals surface area contributed by atoms with Crippen LogP contribution in [0, 0.1) is 34.5 Å². The van der Waals surface area contributed by atoms with Gasteiger partial charge in [-0.3, -0.25) is 14.4 Å². The SMILES string of the molecule is CC(C)(C)C1CCC(CC(=O)NCC(N)=O)CC1.CC(C)(C)C1CCC(CC(=O)O)CC1. The first-order valence-corrected chi connectivity index (χ1v) is 12.4. The summed E-state index contributed by atoms with van der Waals surface area (Å²) in [5.74, 6) is 1.29. The summed E-state index contributed by atoms with van der Waals surface area (Å²) in [6.07, 6.45) is 10.2.